The maximum absolute atomic E-state index is 11.3. The molecule has 1 aliphatic heterocycles. The van der Waals surface area contributed by atoms with Gasteiger partial charge in [0, 0.05) is 12.3 Å². The van der Waals surface area contributed by atoms with Gasteiger partial charge in [-0.2, -0.15) is 4.98 Å². The fourth-order valence-corrected chi connectivity index (χ4v) is 3.76. The summed E-state index contributed by atoms with van der Waals surface area (Å²) in [6.07, 6.45) is 2.68. The third kappa shape index (κ3) is 4.45. The third-order valence-electron chi connectivity index (χ3n) is 4.56. The molecule has 0 saturated heterocycles. The zero-order valence-electron chi connectivity index (χ0n) is 16.3. The minimum atomic E-state index is -0.286. The van der Waals surface area contributed by atoms with Crippen molar-refractivity contribution in [3.05, 3.63) is 52.4 Å². The van der Waals surface area contributed by atoms with E-state index in [1.54, 1.807) is 6.20 Å². The molecule has 1 aromatic carbocycles. The molecule has 1 aliphatic rings. The summed E-state index contributed by atoms with van der Waals surface area (Å²) in [5.74, 6) is 0.822. The average molecular weight is 356 g/mol. The molecule has 0 amide bonds. The predicted octanol–water partition coefficient (Wildman–Crippen LogP) is 3.80. The Bertz CT molecular complexity index is 816. The van der Waals surface area contributed by atoms with Gasteiger partial charge in [-0.3, -0.25) is 9.36 Å². The smallest absolute Gasteiger partial charge is 0.300 e. The van der Waals surface area contributed by atoms with Crippen LogP contribution < -0.4 is 15.0 Å². The van der Waals surface area contributed by atoms with Gasteiger partial charge in [0.05, 0.1) is 6.54 Å². The van der Waals surface area contributed by atoms with Crippen LogP contribution in [-0.4, -0.2) is 22.3 Å². The molecule has 5 heteroatoms. The van der Waals surface area contributed by atoms with Crippen molar-refractivity contribution in [3.8, 4) is 11.8 Å². The van der Waals surface area contributed by atoms with E-state index in [9.17, 15) is 4.79 Å². The lowest BCUT2D eigenvalue weighted by Gasteiger charge is -2.33. The molecule has 1 aromatic heterocycles. The number of hydrogen-bond donors (Lipinski definition) is 0. The SMILES string of the molecule is CC(C)(C)CC(C)(C)c1ccc(OC[C@@H]2Cn3ccc(=O)nc3O2)cc1. The molecule has 0 spiro atoms. The molecule has 0 bridgehead atoms. The second kappa shape index (κ2) is 6.78. The number of hydrogen-bond acceptors (Lipinski definition) is 4. The number of rotatable bonds is 5. The molecule has 140 valence electrons. The molecule has 0 saturated carbocycles. The van der Waals surface area contributed by atoms with Crippen molar-refractivity contribution < 1.29 is 9.47 Å². The Balaban J connectivity index is 1.58. The molecule has 0 unspecified atom stereocenters. The largest absolute Gasteiger partial charge is 0.490 e. The van der Waals surface area contributed by atoms with Crippen molar-refractivity contribution in [2.24, 2.45) is 5.41 Å². The first kappa shape index (κ1) is 18.5. The van der Waals surface area contributed by atoms with E-state index in [1.165, 1.54) is 11.6 Å². The van der Waals surface area contributed by atoms with Crippen LogP contribution in [0.25, 0.3) is 0 Å². The molecule has 0 fully saturated rings. The summed E-state index contributed by atoms with van der Waals surface area (Å²) < 4.78 is 13.4. The van der Waals surface area contributed by atoms with Crippen LogP contribution in [0.2, 0.25) is 0 Å². The van der Waals surface area contributed by atoms with Crippen molar-refractivity contribution in [1.29, 1.82) is 0 Å². The zero-order valence-corrected chi connectivity index (χ0v) is 16.3. The minimum absolute atomic E-state index is 0.116. The molecule has 0 radical (unpaired) electrons. The minimum Gasteiger partial charge on any atom is -0.490 e. The summed E-state index contributed by atoms with van der Waals surface area (Å²) in [7, 11) is 0. The molecule has 1 atom stereocenters. The summed E-state index contributed by atoms with van der Waals surface area (Å²) in [5.41, 5.74) is 1.42. The van der Waals surface area contributed by atoms with E-state index in [-0.39, 0.29) is 22.5 Å². The van der Waals surface area contributed by atoms with Crippen LogP contribution in [-0.2, 0) is 12.0 Å². The fourth-order valence-electron chi connectivity index (χ4n) is 3.76. The van der Waals surface area contributed by atoms with Gasteiger partial charge in [0.15, 0.2) is 6.10 Å². The highest BCUT2D eigenvalue weighted by molar-refractivity contribution is 5.31. The topological polar surface area (TPSA) is 53.4 Å². The maximum Gasteiger partial charge on any atom is 0.300 e. The molecule has 5 nitrogen and oxygen atoms in total. The van der Waals surface area contributed by atoms with Crippen molar-refractivity contribution in [2.45, 2.75) is 59.1 Å². The fraction of sp³-hybridized carbons (Fsp3) is 0.524. The van der Waals surface area contributed by atoms with E-state index in [4.69, 9.17) is 9.47 Å². The third-order valence-corrected chi connectivity index (χ3v) is 4.56. The highest BCUT2D eigenvalue weighted by atomic mass is 16.6. The molecular weight excluding hydrogens is 328 g/mol. The number of ether oxygens (including phenoxy) is 2. The van der Waals surface area contributed by atoms with Gasteiger partial charge in [-0.1, -0.05) is 46.8 Å². The Morgan fingerprint density at radius 1 is 1.15 bits per heavy atom. The predicted molar refractivity (Wildman–Crippen MR) is 102 cm³/mol. The van der Waals surface area contributed by atoms with Crippen molar-refractivity contribution in [1.82, 2.24) is 9.55 Å². The Morgan fingerprint density at radius 2 is 1.85 bits per heavy atom. The Kier molecular flexibility index (Phi) is 4.82. The summed E-state index contributed by atoms with van der Waals surface area (Å²) in [6.45, 7) is 12.4. The summed E-state index contributed by atoms with van der Waals surface area (Å²) >= 11 is 0. The summed E-state index contributed by atoms with van der Waals surface area (Å²) in [4.78, 5) is 15.1. The highest BCUT2D eigenvalue weighted by Crippen LogP contribution is 2.36. The average Bonchev–Trinajstić information content (AvgIpc) is 2.93. The lowest BCUT2D eigenvalue weighted by Crippen LogP contribution is -2.25. The first-order valence-corrected chi connectivity index (χ1v) is 9.10. The van der Waals surface area contributed by atoms with Crippen LogP contribution in [0.4, 0.5) is 0 Å². The number of nitrogens with zero attached hydrogens (tertiary/aromatic N) is 2. The van der Waals surface area contributed by atoms with Crippen LogP contribution in [0.1, 0.15) is 46.6 Å². The van der Waals surface area contributed by atoms with E-state index < -0.39 is 0 Å². The molecule has 26 heavy (non-hydrogen) atoms. The van der Waals surface area contributed by atoms with E-state index in [1.807, 2.05) is 16.7 Å². The van der Waals surface area contributed by atoms with Gasteiger partial charge in [-0.05, 0) is 34.9 Å². The van der Waals surface area contributed by atoms with Gasteiger partial charge in [-0.15, -0.1) is 0 Å². The monoisotopic (exact) mass is 356 g/mol. The quantitative estimate of drug-likeness (QED) is 0.818. The second-order valence-corrected chi connectivity index (χ2v) is 8.90. The van der Waals surface area contributed by atoms with Gasteiger partial charge in [0.1, 0.15) is 12.4 Å². The normalized spacial score (nSPS) is 16.9. The Hall–Kier alpha value is -2.30. The van der Waals surface area contributed by atoms with Gasteiger partial charge in [-0.25, -0.2) is 0 Å². The van der Waals surface area contributed by atoms with Gasteiger partial charge < -0.3 is 9.47 Å². The van der Waals surface area contributed by atoms with Gasteiger partial charge >= 0.3 is 0 Å². The first-order chi connectivity index (χ1) is 12.1. The number of fused-ring (bicyclic) bond motifs is 1. The maximum atomic E-state index is 11.3. The first-order valence-electron chi connectivity index (χ1n) is 9.10. The van der Waals surface area contributed by atoms with Gasteiger partial charge in [0.2, 0.25) is 0 Å². The molecular formula is C21H28N2O3. The molecule has 2 aromatic rings. The lowest BCUT2D eigenvalue weighted by atomic mass is 9.72. The van der Waals surface area contributed by atoms with Crippen LogP contribution in [0.3, 0.4) is 0 Å². The van der Waals surface area contributed by atoms with Gasteiger partial charge in [0.25, 0.3) is 11.6 Å². The zero-order chi connectivity index (χ0) is 18.9. The van der Waals surface area contributed by atoms with E-state index in [0.717, 1.165) is 12.2 Å². The summed E-state index contributed by atoms with van der Waals surface area (Å²) in [5, 5.41) is 0. The van der Waals surface area contributed by atoms with Crippen LogP contribution in [0.15, 0.2) is 41.3 Å². The van der Waals surface area contributed by atoms with E-state index in [2.05, 4.69) is 51.7 Å². The van der Waals surface area contributed by atoms with Crippen LogP contribution in [0, 0.1) is 5.41 Å². The summed E-state index contributed by atoms with van der Waals surface area (Å²) in [6, 6.07) is 10.1. The van der Waals surface area contributed by atoms with Crippen molar-refractivity contribution in [3.63, 3.8) is 0 Å². The molecule has 2 heterocycles. The Labute approximate surface area is 155 Å². The molecule has 3 rings (SSSR count). The molecule has 0 N–H and O–H groups in total. The second-order valence-electron chi connectivity index (χ2n) is 8.90. The van der Waals surface area contributed by atoms with Crippen molar-refractivity contribution >= 4 is 0 Å². The van der Waals surface area contributed by atoms with E-state index >= 15 is 0 Å². The Morgan fingerprint density at radius 3 is 2.50 bits per heavy atom. The van der Waals surface area contributed by atoms with Crippen LogP contribution in [0.5, 0.6) is 11.8 Å². The lowest BCUT2D eigenvalue weighted by molar-refractivity contribution is 0.143. The van der Waals surface area contributed by atoms with Crippen LogP contribution >= 0.6 is 0 Å². The standard InChI is InChI=1S/C21H28N2O3/c1-20(2,3)14-21(4,5)15-6-8-16(9-7-15)25-13-17-12-23-11-10-18(24)22-19(23)26-17/h6-11,17H,12-14H2,1-5H3/t17-/m0/s1. The number of benzene rings is 1. The molecule has 0 aliphatic carbocycles. The van der Waals surface area contributed by atoms with E-state index in [0.29, 0.717) is 19.2 Å². The van der Waals surface area contributed by atoms with Crippen molar-refractivity contribution in [2.75, 3.05) is 6.61 Å². The highest BCUT2D eigenvalue weighted by Gasteiger charge is 2.27. The number of aromatic nitrogens is 2.